The van der Waals surface area contributed by atoms with Gasteiger partial charge < -0.3 is 9.84 Å². The molecule has 0 unspecified atom stereocenters. The lowest BCUT2D eigenvalue weighted by Crippen LogP contribution is -2.56. The summed E-state index contributed by atoms with van der Waals surface area (Å²) in [5.74, 6) is -0.797. The van der Waals surface area contributed by atoms with Crippen LogP contribution in [0.3, 0.4) is 0 Å². The number of ether oxygens (including phenoxy) is 1. The second-order valence-corrected chi connectivity index (χ2v) is 7.92. The quantitative estimate of drug-likeness (QED) is 0.710. The number of carboxylic acids is 1. The maximum Gasteiger partial charge on any atom is 0.324 e. The van der Waals surface area contributed by atoms with Crippen LogP contribution < -0.4 is 4.72 Å². The van der Waals surface area contributed by atoms with Gasteiger partial charge in [-0.1, -0.05) is 13.3 Å². The lowest BCUT2D eigenvalue weighted by atomic mass is 9.76. The van der Waals surface area contributed by atoms with E-state index in [1.54, 1.807) is 0 Å². The highest BCUT2D eigenvalue weighted by Gasteiger charge is 2.44. The average molecular weight is 321 g/mol. The first-order valence-electron chi connectivity index (χ1n) is 7.57. The summed E-state index contributed by atoms with van der Waals surface area (Å²) in [6.07, 6.45) is 3.15. The second-order valence-electron chi connectivity index (χ2n) is 6.08. The van der Waals surface area contributed by atoms with E-state index in [0.29, 0.717) is 18.8 Å². The molecule has 124 valence electrons. The van der Waals surface area contributed by atoms with Gasteiger partial charge >= 0.3 is 5.97 Å². The van der Waals surface area contributed by atoms with E-state index in [-0.39, 0.29) is 18.5 Å². The van der Waals surface area contributed by atoms with Gasteiger partial charge in [-0.2, -0.15) is 4.72 Å². The summed E-state index contributed by atoms with van der Waals surface area (Å²) in [6.45, 7) is 5.79. The molecule has 0 atom stereocenters. The van der Waals surface area contributed by atoms with Crippen LogP contribution >= 0.6 is 0 Å². The van der Waals surface area contributed by atoms with Crippen molar-refractivity contribution in [3.8, 4) is 0 Å². The minimum Gasteiger partial charge on any atom is -0.480 e. The van der Waals surface area contributed by atoms with Crippen molar-refractivity contribution in [2.24, 2.45) is 5.92 Å². The first kappa shape index (κ1) is 18.4. The van der Waals surface area contributed by atoms with Gasteiger partial charge in [0.05, 0.1) is 18.5 Å². The topological polar surface area (TPSA) is 92.7 Å². The van der Waals surface area contributed by atoms with Gasteiger partial charge in [-0.15, -0.1) is 0 Å². The molecule has 0 heterocycles. The van der Waals surface area contributed by atoms with Crippen LogP contribution in [0.2, 0.25) is 0 Å². The molecule has 0 aromatic rings. The molecule has 0 aromatic carbocycles. The van der Waals surface area contributed by atoms with E-state index in [1.165, 1.54) is 0 Å². The van der Waals surface area contributed by atoms with Crippen molar-refractivity contribution in [1.82, 2.24) is 4.72 Å². The Hall–Kier alpha value is -0.660. The summed E-state index contributed by atoms with van der Waals surface area (Å²) in [6, 6.07) is 0. The minimum absolute atomic E-state index is 0.0476. The highest BCUT2D eigenvalue weighted by molar-refractivity contribution is 7.89. The Kier molecular flexibility index (Phi) is 6.62. The van der Waals surface area contributed by atoms with Crippen molar-refractivity contribution in [3.05, 3.63) is 0 Å². The van der Waals surface area contributed by atoms with E-state index in [2.05, 4.69) is 11.6 Å². The van der Waals surface area contributed by atoms with Gasteiger partial charge in [0.1, 0.15) is 5.54 Å². The van der Waals surface area contributed by atoms with Gasteiger partial charge in [0.2, 0.25) is 10.0 Å². The fourth-order valence-corrected chi connectivity index (χ4v) is 3.98. The molecular formula is C14H27NO5S. The molecule has 1 aliphatic carbocycles. The highest BCUT2D eigenvalue weighted by Crippen LogP contribution is 2.34. The van der Waals surface area contributed by atoms with Gasteiger partial charge in [-0.3, -0.25) is 4.79 Å². The molecule has 7 heteroatoms. The van der Waals surface area contributed by atoms with Gasteiger partial charge in [0.25, 0.3) is 0 Å². The van der Waals surface area contributed by atoms with Crippen LogP contribution in [-0.4, -0.2) is 43.5 Å². The van der Waals surface area contributed by atoms with E-state index in [4.69, 9.17) is 4.74 Å². The molecule has 1 aliphatic rings. The zero-order chi connectivity index (χ0) is 16.1. The standard InChI is InChI=1S/C14H27NO5S/c1-4-12-5-7-14(8-6-12,13(16)17)15-21(18,19)10-9-20-11(2)3/h11-12,15H,4-10H2,1-3H3,(H,16,17). The summed E-state index contributed by atoms with van der Waals surface area (Å²) in [5.41, 5.74) is -1.34. The van der Waals surface area contributed by atoms with E-state index in [0.717, 1.165) is 19.3 Å². The number of hydrogen-bond donors (Lipinski definition) is 2. The number of rotatable bonds is 8. The van der Waals surface area contributed by atoms with E-state index < -0.39 is 21.5 Å². The third-order valence-electron chi connectivity index (χ3n) is 4.10. The SMILES string of the molecule is CCC1CCC(NS(=O)(=O)CCOC(C)C)(C(=O)O)CC1. The average Bonchev–Trinajstić information content (AvgIpc) is 2.38. The van der Waals surface area contributed by atoms with Crippen LogP contribution in [-0.2, 0) is 19.6 Å². The maximum atomic E-state index is 12.1. The van der Waals surface area contributed by atoms with Gasteiger partial charge in [0.15, 0.2) is 0 Å². The zero-order valence-corrected chi connectivity index (χ0v) is 13.9. The molecule has 1 saturated carbocycles. The van der Waals surface area contributed by atoms with Crippen LogP contribution in [0.5, 0.6) is 0 Å². The molecule has 0 saturated heterocycles. The number of carbonyl (C=O) groups is 1. The molecule has 1 rings (SSSR count). The Balaban J connectivity index is 2.68. The Morgan fingerprint density at radius 2 is 1.95 bits per heavy atom. The van der Waals surface area contributed by atoms with Crippen molar-refractivity contribution >= 4 is 16.0 Å². The van der Waals surface area contributed by atoms with Crippen LogP contribution in [0.1, 0.15) is 52.9 Å². The molecule has 0 aliphatic heterocycles. The van der Waals surface area contributed by atoms with E-state index in [9.17, 15) is 18.3 Å². The van der Waals surface area contributed by atoms with Crippen molar-refractivity contribution in [1.29, 1.82) is 0 Å². The molecule has 0 spiro atoms. The fourth-order valence-electron chi connectivity index (χ4n) is 2.68. The Labute approximate surface area is 127 Å². The van der Waals surface area contributed by atoms with Crippen molar-refractivity contribution in [2.45, 2.75) is 64.5 Å². The van der Waals surface area contributed by atoms with Crippen LogP contribution in [0, 0.1) is 5.92 Å². The normalized spacial score (nSPS) is 27.0. The number of aliphatic carboxylic acids is 1. The van der Waals surface area contributed by atoms with Crippen molar-refractivity contribution in [3.63, 3.8) is 0 Å². The van der Waals surface area contributed by atoms with E-state index in [1.807, 2.05) is 13.8 Å². The second kappa shape index (κ2) is 7.56. The molecule has 1 fully saturated rings. The molecular weight excluding hydrogens is 294 g/mol. The van der Waals surface area contributed by atoms with Gasteiger partial charge in [-0.25, -0.2) is 8.42 Å². The molecule has 0 bridgehead atoms. The van der Waals surface area contributed by atoms with Crippen LogP contribution in [0.25, 0.3) is 0 Å². The number of nitrogens with one attached hydrogen (secondary N) is 1. The zero-order valence-electron chi connectivity index (χ0n) is 13.1. The van der Waals surface area contributed by atoms with E-state index >= 15 is 0 Å². The molecule has 0 radical (unpaired) electrons. The maximum absolute atomic E-state index is 12.1. The summed E-state index contributed by atoms with van der Waals surface area (Å²) in [7, 11) is -3.66. The monoisotopic (exact) mass is 321 g/mol. The van der Waals surface area contributed by atoms with Gasteiger partial charge in [-0.05, 0) is 45.4 Å². The Morgan fingerprint density at radius 1 is 1.38 bits per heavy atom. The third kappa shape index (κ3) is 5.56. The molecule has 0 amide bonds. The Morgan fingerprint density at radius 3 is 2.38 bits per heavy atom. The Bertz CT molecular complexity index is 438. The predicted octanol–water partition coefficient (Wildman–Crippen LogP) is 1.75. The van der Waals surface area contributed by atoms with Crippen molar-refractivity contribution in [2.75, 3.05) is 12.4 Å². The third-order valence-corrected chi connectivity index (χ3v) is 5.51. The summed E-state index contributed by atoms with van der Waals surface area (Å²) in [4.78, 5) is 11.6. The summed E-state index contributed by atoms with van der Waals surface area (Å²) in [5, 5.41) is 9.47. The summed E-state index contributed by atoms with van der Waals surface area (Å²) >= 11 is 0. The molecule has 2 N–H and O–H groups in total. The summed E-state index contributed by atoms with van der Waals surface area (Å²) < 4.78 is 31.8. The lowest BCUT2D eigenvalue weighted by Gasteiger charge is -2.36. The molecule has 6 nitrogen and oxygen atoms in total. The number of carboxylic acid groups (broad SMARTS) is 1. The predicted molar refractivity (Wildman–Crippen MR) is 80.6 cm³/mol. The highest BCUT2D eigenvalue weighted by atomic mass is 32.2. The fraction of sp³-hybridized carbons (Fsp3) is 0.929. The molecule has 21 heavy (non-hydrogen) atoms. The molecule has 0 aromatic heterocycles. The number of sulfonamides is 1. The number of hydrogen-bond acceptors (Lipinski definition) is 4. The largest absolute Gasteiger partial charge is 0.480 e. The first-order chi connectivity index (χ1) is 9.71. The first-order valence-corrected chi connectivity index (χ1v) is 9.22. The lowest BCUT2D eigenvalue weighted by molar-refractivity contribution is -0.145. The van der Waals surface area contributed by atoms with Crippen molar-refractivity contribution < 1.29 is 23.1 Å². The van der Waals surface area contributed by atoms with Crippen LogP contribution in [0.15, 0.2) is 0 Å². The van der Waals surface area contributed by atoms with Crippen LogP contribution in [0.4, 0.5) is 0 Å². The smallest absolute Gasteiger partial charge is 0.324 e. The van der Waals surface area contributed by atoms with Gasteiger partial charge in [0, 0.05) is 0 Å². The minimum atomic E-state index is -3.66.